The molecule has 0 radical (unpaired) electrons. The first-order valence-electron chi connectivity index (χ1n) is 5.84. The summed E-state index contributed by atoms with van der Waals surface area (Å²) in [5.41, 5.74) is 2.34. The number of ether oxygens (including phenoxy) is 1. The molecule has 0 N–H and O–H groups in total. The summed E-state index contributed by atoms with van der Waals surface area (Å²) in [5.74, 6) is 0.826. The number of nitriles is 1. The van der Waals surface area contributed by atoms with Crippen LogP contribution >= 0.6 is 11.8 Å². The molecular formula is C15H14N2OS. The van der Waals surface area contributed by atoms with Gasteiger partial charge in [0, 0.05) is 15.5 Å². The molecule has 1 aromatic heterocycles. The zero-order valence-electron chi connectivity index (χ0n) is 11.1. The van der Waals surface area contributed by atoms with E-state index in [0.29, 0.717) is 5.56 Å². The highest BCUT2D eigenvalue weighted by Crippen LogP contribution is 2.32. The lowest BCUT2D eigenvalue weighted by Crippen LogP contribution is -1.94. The molecule has 19 heavy (non-hydrogen) atoms. The zero-order chi connectivity index (χ0) is 13.8. The largest absolute Gasteiger partial charge is 0.497 e. The van der Waals surface area contributed by atoms with Crippen LogP contribution in [-0.4, -0.2) is 12.1 Å². The summed E-state index contributed by atoms with van der Waals surface area (Å²) < 4.78 is 5.13. The lowest BCUT2D eigenvalue weighted by Gasteiger charge is -2.08. The average Bonchev–Trinajstić information content (AvgIpc) is 2.39. The molecule has 0 fully saturated rings. The Labute approximate surface area is 117 Å². The van der Waals surface area contributed by atoms with Crippen molar-refractivity contribution in [3.8, 4) is 11.8 Å². The standard InChI is InChI=1S/C15H14N2OS/c1-10-8-15(14(9-16)11(2)17-10)19-13-6-4-12(18-3)5-7-13/h4-8H,1-3H3. The molecule has 0 saturated heterocycles. The molecule has 1 heterocycles. The molecule has 0 aliphatic rings. The minimum atomic E-state index is 0.645. The monoisotopic (exact) mass is 270 g/mol. The summed E-state index contributed by atoms with van der Waals surface area (Å²) in [6, 6.07) is 12.0. The quantitative estimate of drug-likeness (QED) is 0.852. The number of nitrogens with zero attached hydrogens (tertiary/aromatic N) is 2. The summed E-state index contributed by atoms with van der Waals surface area (Å²) in [4.78, 5) is 6.33. The topological polar surface area (TPSA) is 45.9 Å². The first kappa shape index (κ1) is 13.4. The number of pyridine rings is 1. The molecule has 4 heteroatoms. The van der Waals surface area contributed by atoms with Gasteiger partial charge in [-0.3, -0.25) is 4.98 Å². The number of benzene rings is 1. The lowest BCUT2D eigenvalue weighted by molar-refractivity contribution is 0.414. The van der Waals surface area contributed by atoms with E-state index in [2.05, 4.69) is 11.1 Å². The van der Waals surface area contributed by atoms with Crippen LogP contribution in [0, 0.1) is 25.2 Å². The van der Waals surface area contributed by atoms with Crippen molar-refractivity contribution in [2.45, 2.75) is 23.6 Å². The Bertz CT molecular complexity index is 630. The van der Waals surface area contributed by atoms with Crippen molar-refractivity contribution < 1.29 is 4.74 Å². The van der Waals surface area contributed by atoms with Crippen LogP contribution in [0.5, 0.6) is 5.75 Å². The summed E-state index contributed by atoms with van der Waals surface area (Å²) in [6.07, 6.45) is 0. The van der Waals surface area contributed by atoms with Gasteiger partial charge in [-0.25, -0.2) is 0 Å². The molecule has 0 unspecified atom stereocenters. The second kappa shape index (κ2) is 5.77. The van der Waals surface area contributed by atoms with Crippen LogP contribution in [0.25, 0.3) is 0 Å². The van der Waals surface area contributed by atoms with Crippen molar-refractivity contribution in [2.75, 3.05) is 7.11 Å². The molecule has 96 valence electrons. The van der Waals surface area contributed by atoms with Crippen molar-refractivity contribution in [1.29, 1.82) is 5.26 Å². The fourth-order valence-electron chi connectivity index (χ4n) is 1.78. The fourth-order valence-corrected chi connectivity index (χ4v) is 2.83. The van der Waals surface area contributed by atoms with Crippen LogP contribution in [0.2, 0.25) is 0 Å². The highest BCUT2D eigenvalue weighted by atomic mass is 32.2. The van der Waals surface area contributed by atoms with Crippen LogP contribution in [0.4, 0.5) is 0 Å². The second-order valence-corrected chi connectivity index (χ2v) is 5.23. The van der Waals surface area contributed by atoms with Gasteiger partial charge in [-0.05, 0) is 44.2 Å². The Morgan fingerprint density at radius 1 is 1.21 bits per heavy atom. The molecule has 0 amide bonds. The molecule has 0 spiro atoms. The third kappa shape index (κ3) is 3.07. The van der Waals surface area contributed by atoms with Gasteiger partial charge in [0.1, 0.15) is 11.8 Å². The van der Waals surface area contributed by atoms with Crippen molar-refractivity contribution in [3.05, 3.63) is 47.3 Å². The highest BCUT2D eigenvalue weighted by molar-refractivity contribution is 7.99. The normalized spacial score (nSPS) is 10.0. The first-order chi connectivity index (χ1) is 9.13. The molecule has 0 atom stereocenters. The van der Waals surface area contributed by atoms with Crippen molar-refractivity contribution in [2.24, 2.45) is 0 Å². The van der Waals surface area contributed by atoms with E-state index in [1.54, 1.807) is 18.9 Å². The molecule has 2 rings (SSSR count). The van der Waals surface area contributed by atoms with Crippen molar-refractivity contribution in [1.82, 2.24) is 4.98 Å². The van der Waals surface area contributed by atoms with Crippen LogP contribution in [0.15, 0.2) is 40.1 Å². The molecule has 0 aliphatic carbocycles. The lowest BCUT2D eigenvalue weighted by atomic mass is 10.2. The van der Waals surface area contributed by atoms with Gasteiger partial charge in [-0.1, -0.05) is 11.8 Å². The smallest absolute Gasteiger partial charge is 0.118 e. The van der Waals surface area contributed by atoms with Gasteiger partial charge in [-0.15, -0.1) is 0 Å². The predicted molar refractivity (Wildman–Crippen MR) is 75.5 cm³/mol. The fraction of sp³-hybridized carbons (Fsp3) is 0.200. The van der Waals surface area contributed by atoms with Gasteiger partial charge in [-0.2, -0.15) is 5.26 Å². The second-order valence-electron chi connectivity index (χ2n) is 4.11. The van der Waals surface area contributed by atoms with Gasteiger partial charge < -0.3 is 4.74 Å². The van der Waals surface area contributed by atoms with Crippen LogP contribution < -0.4 is 4.74 Å². The third-order valence-corrected chi connectivity index (χ3v) is 3.74. The average molecular weight is 270 g/mol. The van der Waals surface area contributed by atoms with E-state index in [1.807, 2.05) is 44.2 Å². The van der Waals surface area contributed by atoms with E-state index in [9.17, 15) is 5.26 Å². The first-order valence-corrected chi connectivity index (χ1v) is 6.66. The molecule has 0 bridgehead atoms. The van der Waals surface area contributed by atoms with E-state index >= 15 is 0 Å². The predicted octanol–water partition coefficient (Wildman–Crippen LogP) is 3.73. The number of hydrogen-bond donors (Lipinski definition) is 0. The number of aromatic nitrogens is 1. The summed E-state index contributed by atoms with van der Waals surface area (Å²) in [6.45, 7) is 3.80. The van der Waals surface area contributed by atoms with E-state index in [1.165, 1.54) is 0 Å². The summed E-state index contributed by atoms with van der Waals surface area (Å²) in [5, 5.41) is 9.23. The Morgan fingerprint density at radius 3 is 2.47 bits per heavy atom. The molecule has 1 aromatic carbocycles. The molecule has 0 aliphatic heterocycles. The van der Waals surface area contributed by atoms with E-state index in [0.717, 1.165) is 26.9 Å². The van der Waals surface area contributed by atoms with Gasteiger partial charge in [0.2, 0.25) is 0 Å². The number of aryl methyl sites for hydroxylation is 2. The van der Waals surface area contributed by atoms with Gasteiger partial charge >= 0.3 is 0 Å². The van der Waals surface area contributed by atoms with E-state index in [-0.39, 0.29) is 0 Å². The van der Waals surface area contributed by atoms with Crippen LogP contribution in [-0.2, 0) is 0 Å². The maximum Gasteiger partial charge on any atom is 0.118 e. The zero-order valence-corrected chi connectivity index (χ0v) is 11.9. The maximum atomic E-state index is 9.23. The van der Waals surface area contributed by atoms with Crippen molar-refractivity contribution in [3.63, 3.8) is 0 Å². The number of methoxy groups -OCH3 is 1. The summed E-state index contributed by atoms with van der Waals surface area (Å²) >= 11 is 1.57. The van der Waals surface area contributed by atoms with Gasteiger partial charge in [0.15, 0.2) is 0 Å². The molecule has 2 aromatic rings. The summed E-state index contributed by atoms with van der Waals surface area (Å²) in [7, 11) is 1.64. The Balaban J connectivity index is 2.34. The third-order valence-electron chi connectivity index (χ3n) is 2.69. The maximum absolute atomic E-state index is 9.23. The molecule has 0 saturated carbocycles. The minimum Gasteiger partial charge on any atom is -0.497 e. The molecular weight excluding hydrogens is 256 g/mol. The SMILES string of the molecule is COc1ccc(Sc2cc(C)nc(C)c2C#N)cc1. The van der Waals surface area contributed by atoms with E-state index < -0.39 is 0 Å². The van der Waals surface area contributed by atoms with E-state index in [4.69, 9.17) is 4.74 Å². The van der Waals surface area contributed by atoms with Crippen LogP contribution in [0.1, 0.15) is 17.0 Å². The Kier molecular flexibility index (Phi) is 4.08. The Hall–Kier alpha value is -1.99. The van der Waals surface area contributed by atoms with Crippen molar-refractivity contribution >= 4 is 11.8 Å². The number of rotatable bonds is 3. The molecule has 3 nitrogen and oxygen atoms in total. The highest BCUT2D eigenvalue weighted by Gasteiger charge is 2.09. The number of hydrogen-bond acceptors (Lipinski definition) is 4. The van der Waals surface area contributed by atoms with Gasteiger partial charge in [0.05, 0.1) is 18.4 Å². The van der Waals surface area contributed by atoms with Crippen LogP contribution in [0.3, 0.4) is 0 Å². The van der Waals surface area contributed by atoms with Gasteiger partial charge in [0.25, 0.3) is 0 Å². The minimum absolute atomic E-state index is 0.645. The Morgan fingerprint density at radius 2 is 1.89 bits per heavy atom.